The molecule has 0 aromatic carbocycles. The molecule has 0 saturated carbocycles. The van der Waals surface area contributed by atoms with E-state index in [2.05, 4.69) is 13.8 Å². The zero-order valence-electron chi connectivity index (χ0n) is 28.8. The van der Waals surface area contributed by atoms with Crippen LogP contribution in [0.3, 0.4) is 0 Å². The quantitative estimate of drug-likeness (QED) is 0.0577. The molecule has 42 heavy (non-hydrogen) atoms. The Labute approximate surface area is 263 Å². The third-order valence-electron chi connectivity index (χ3n) is 8.68. The molecule has 0 aromatic heterocycles. The van der Waals surface area contributed by atoms with Crippen LogP contribution in [0.1, 0.15) is 213 Å². The summed E-state index contributed by atoms with van der Waals surface area (Å²) in [7, 11) is 0. The third-order valence-corrected chi connectivity index (χ3v) is 8.68. The SMILES string of the molecule is CCCCCCCCCCCCCCCCCCCCCCCCCCOCC(CO)OC(=O)CCCCCCCC. The summed E-state index contributed by atoms with van der Waals surface area (Å²) in [4.78, 5) is 12.0. The van der Waals surface area contributed by atoms with Gasteiger partial charge in [0.05, 0.1) is 13.2 Å². The van der Waals surface area contributed by atoms with Crippen LogP contribution in [0.25, 0.3) is 0 Å². The highest BCUT2D eigenvalue weighted by Crippen LogP contribution is 2.16. The van der Waals surface area contributed by atoms with E-state index in [9.17, 15) is 9.90 Å². The lowest BCUT2D eigenvalue weighted by Gasteiger charge is -2.15. The second-order valence-electron chi connectivity index (χ2n) is 13.0. The Balaban J connectivity index is 3.26. The van der Waals surface area contributed by atoms with E-state index in [0.29, 0.717) is 19.6 Å². The number of hydrogen-bond acceptors (Lipinski definition) is 4. The van der Waals surface area contributed by atoms with Gasteiger partial charge in [-0.05, 0) is 12.8 Å². The summed E-state index contributed by atoms with van der Waals surface area (Å²) < 4.78 is 11.0. The van der Waals surface area contributed by atoms with Gasteiger partial charge in [0.15, 0.2) is 0 Å². The zero-order valence-corrected chi connectivity index (χ0v) is 28.8. The largest absolute Gasteiger partial charge is 0.457 e. The van der Waals surface area contributed by atoms with Gasteiger partial charge in [0.1, 0.15) is 6.10 Å². The predicted molar refractivity (Wildman–Crippen MR) is 182 cm³/mol. The van der Waals surface area contributed by atoms with Crippen LogP contribution >= 0.6 is 0 Å². The van der Waals surface area contributed by atoms with E-state index >= 15 is 0 Å². The Hall–Kier alpha value is -0.610. The number of carbonyl (C=O) groups is 1. The molecule has 0 rings (SSSR count). The molecule has 1 unspecified atom stereocenters. The average molecular weight is 597 g/mol. The van der Waals surface area contributed by atoms with E-state index in [0.717, 1.165) is 19.3 Å². The van der Waals surface area contributed by atoms with E-state index in [4.69, 9.17) is 9.47 Å². The topological polar surface area (TPSA) is 55.8 Å². The van der Waals surface area contributed by atoms with Crippen LogP contribution < -0.4 is 0 Å². The van der Waals surface area contributed by atoms with Gasteiger partial charge in [-0.25, -0.2) is 0 Å². The molecule has 0 radical (unpaired) electrons. The lowest BCUT2D eigenvalue weighted by Crippen LogP contribution is -2.27. The van der Waals surface area contributed by atoms with E-state index in [1.165, 1.54) is 173 Å². The van der Waals surface area contributed by atoms with E-state index in [1.807, 2.05) is 0 Å². The van der Waals surface area contributed by atoms with Crippen molar-refractivity contribution in [2.75, 3.05) is 19.8 Å². The first-order valence-electron chi connectivity index (χ1n) is 19.1. The molecule has 0 aromatic rings. The molecule has 0 spiro atoms. The summed E-state index contributed by atoms with van der Waals surface area (Å²) in [6.45, 7) is 5.33. The summed E-state index contributed by atoms with van der Waals surface area (Å²) >= 11 is 0. The van der Waals surface area contributed by atoms with Gasteiger partial charge >= 0.3 is 5.97 Å². The summed E-state index contributed by atoms with van der Waals surface area (Å²) in [6, 6.07) is 0. The van der Waals surface area contributed by atoms with Gasteiger partial charge in [-0.1, -0.05) is 194 Å². The second kappa shape index (κ2) is 36.6. The standard InChI is InChI=1S/C38H76O4/c1-3-5-7-9-11-12-13-14-15-16-17-18-19-20-21-22-23-24-25-26-27-28-30-32-34-41-36-37(35-39)42-38(40)33-31-29-10-8-6-4-2/h37,39H,3-36H2,1-2H3. The van der Waals surface area contributed by atoms with Gasteiger partial charge in [-0.15, -0.1) is 0 Å². The number of aliphatic hydroxyl groups is 1. The molecule has 0 aliphatic rings. The van der Waals surface area contributed by atoms with Crippen LogP contribution in [0.15, 0.2) is 0 Å². The van der Waals surface area contributed by atoms with Crippen LogP contribution in [0.2, 0.25) is 0 Å². The highest BCUT2D eigenvalue weighted by atomic mass is 16.6. The normalized spacial score (nSPS) is 12.2. The molecule has 0 saturated heterocycles. The van der Waals surface area contributed by atoms with Gasteiger partial charge < -0.3 is 14.6 Å². The molecule has 0 heterocycles. The van der Waals surface area contributed by atoms with Crippen molar-refractivity contribution in [2.24, 2.45) is 0 Å². The average Bonchev–Trinajstić information content (AvgIpc) is 3.00. The minimum Gasteiger partial charge on any atom is -0.457 e. The minimum atomic E-state index is -0.521. The minimum absolute atomic E-state index is 0.165. The fourth-order valence-corrected chi connectivity index (χ4v) is 5.80. The Bertz CT molecular complexity index is 509. The van der Waals surface area contributed by atoms with Gasteiger partial charge in [0, 0.05) is 13.0 Å². The maximum Gasteiger partial charge on any atom is 0.306 e. The molecule has 0 aliphatic carbocycles. The smallest absolute Gasteiger partial charge is 0.306 e. The number of rotatable bonds is 36. The molecule has 0 aliphatic heterocycles. The van der Waals surface area contributed by atoms with E-state index in [1.54, 1.807) is 0 Å². The van der Waals surface area contributed by atoms with E-state index < -0.39 is 6.10 Å². The highest BCUT2D eigenvalue weighted by Gasteiger charge is 2.13. The van der Waals surface area contributed by atoms with Crippen molar-refractivity contribution in [1.29, 1.82) is 0 Å². The molecule has 252 valence electrons. The molecule has 0 fully saturated rings. The number of aliphatic hydroxyl groups excluding tert-OH is 1. The Morgan fingerprint density at radius 3 is 1.12 bits per heavy atom. The van der Waals surface area contributed by atoms with Crippen LogP contribution in [0, 0.1) is 0 Å². The Kier molecular flexibility index (Phi) is 36.0. The predicted octanol–water partition coefficient (Wildman–Crippen LogP) is 12.0. The van der Waals surface area contributed by atoms with Gasteiger partial charge in [-0.2, -0.15) is 0 Å². The number of unbranched alkanes of at least 4 members (excludes halogenated alkanes) is 28. The molecule has 1 N–H and O–H groups in total. The Morgan fingerprint density at radius 1 is 0.476 bits per heavy atom. The summed E-state index contributed by atoms with van der Waals surface area (Å²) in [6.07, 6.45) is 40.4. The van der Waals surface area contributed by atoms with Crippen LogP contribution in [-0.2, 0) is 14.3 Å². The van der Waals surface area contributed by atoms with Crippen molar-refractivity contribution in [2.45, 2.75) is 219 Å². The maximum atomic E-state index is 12.0. The lowest BCUT2D eigenvalue weighted by molar-refractivity contribution is -0.154. The van der Waals surface area contributed by atoms with Crippen molar-refractivity contribution in [3.63, 3.8) is 0 Å². The van der Waals surface area contributed by atoms with Crippen molar-refractivity contribution >= 4 is 5.97 Å². The molecule has 4 nitrogen and oxygen atoms in total. The number of hydrogen-bond donors (Lipinski definition) is 1. The molecular weight excluding hydrogens is 520 g/mol. The van der Waals surface area contributed by atoms with Gasteiger partial charge in [0.2, 0.25) is 0 Å². The third kappa shape index (κ3) is 33.9. The number of esters is 1. The van der Waals surface area contributed by atoms with Gasteiger partial charge in [-0.3, -0.25) is 4.79 Å². The Morgan fingerprint density at radius 2 is 0.786 bits per heavy atom. The van der Waals surface area contributed by atoms with Crippen LogP contribution in [0.5, 0.6) is 0 Å². The first-order valence-corrected chi connectivity index (χ1v) is 19.1. The second-order valence-corrected chi connectivity index (χ2v) is 13.0. The lowest BCUT2D eigenvalue weighted by atomic mass is 10.0. The van der Waals surface area contributed by atoms with Crippen LogP contribution in [0.4, 0.5) is 0 Å². The highest BCUT2D eigenvalue weighted by molar-refractivity contribution is 5.69. The molecule has 0 bridgehead atoms. The number of ether oxygens (including phenoxy) is 2. The number of carbonyl (C=O) groups excluding carboxylic acids is 1. The monoisotopic (exact) mass is 597 g/mol. The molecular formula is C38H76O4. The summed E-state index contributed by atoms with van der Waals surface area (Å²) in [5, 5.41) is 9.48. The molecule has 0 amide bonds. The van der Waals surface area contributed by atoms with Crippen molar-refractivity contribution in [3.05, 3.63) is 0 Å². The van der Waals surface area contributed by atoms with Crippen LogP contribution in [-0.4, -0.2) is 37.0 Å². The molecule has 4 heteroatoms. The first kappa shape index (κ1) is 41.4. The van der Waals surface area contributed by atoms with Crippen molar-refractivity contribution < 1.29 is 19.4 Å². The summed E-state index contributed by atoms with van der Waals surface area (Å²) in [5.74, 6) is -0.206. The van der Waals surface area contributed by atoms with Crippen molar-refractivity contribution in [1.82, 2.24) is 0 Å². The van der Waals surface area contributed by atoms with E-state index in [-0.39, 0.29) is 12.6 Å². The first-order chi connectivity index (χ1) is 20.7. The zero-order chi connectivity index (χ0) is 30.6. The molecule has 1 atom stereocenters. The van der Waals surface area contributed by atoms with Gasteiger partial charge in [0.25, 0.3) is 0 Å². The fraction of sp³-hybridized carbons (Fsp3) is 0.974. The summed E-state index contributed by atoms with van der Waals surface area (Å²) in [5.41, 5.74) is 0. The maximum absolute atomic E-state index is 12.0. The van der Waals surface area contributed by atoms with Crippen molar-refractivity contribution in [3.8, 4) is 0 Å². The fourth-order valence-electron chi connectivity index (χ4n) is 5.80.